The van der Waals surface area contributed by atoms with Crippen molar-refractivity contribution in [2.24, 2.45) is 4.99 Å². The molecule has 0 saturated heterocycles. The topological polar surface area (TPSA) is 77.7 Å². The zero-order valence-corrected chi connectivity index (χ0v) is 36.5. The Morgan fingerprint density at radius 2 is 1.40 bits per heavy atom. The quantitative estimate of drug-likeness (QED) is 0.110. The molecule has 3 aromatic rings. The summed E-state index contributed by atoms with van der Waals surface area (Å²) in [5.41, 5.74) is 3.04. The third-order valence-electron chi connectivity index (χ3n) is 6.41. The number of aliphatic imine (C=N–C) groups is 1. The summed E-state index contributed by atoms with van der Waals surface area (Å²) in [6, 6.07) is 20.1. The summed E-state index contributed by atoms with van der Waals surface area (Å²) < 4.78 is 7.96. The first-order chi connectivity index (χ1) is 20.4. The van der Waals surface area contributed by atoms with E-state index in [0.29, 0.717) is 29.8 Å². The molecule has 0 bridgehead atoms. The molecule has 0 aliphatic carbocycles. The SMILES string of the molecule is CC(=O)c1cc(N=C(c2ccccc2)c2ccccc2)c(=O)n2c1CCC2C(=O)OP(P(P)P(P)P)P(P(P)P)P(P)P. The summed E-state index contributed by atoms with van der Waals surface area (Å²) in [5, 5.41) is 0. The van der Waals surface area contributed by atoms with Gasteiger partial charge in [0.05, 0.1) is 5.71 Å². The summed E-state index contributed by atoms with van der Waals surface area (Å²) in [4.78, 5) is 45.9. The molecule has 10 atom stereocenters. The second kappa shape index (κ2) is 17.4. The van der Waals surface area contributed by atoms with Crippen LogP contribution in [0.4, 0.5) is 5.69 Å². The molecule has 19 heteroatoms. The number of benzene rings is 2. The van der Waals surface area contributed by atoms with Crippen LogP contribution in [0.5, 0.6) is 0 Å². The van der Waals surface area contributed by atoms with Crippen LogP contribution in [-0.2, 0) is 15.7 Å². The van der Waals surface area contributed by atoms with E-state index in [1.54, 1.807) is 6.07 Å². The van der Waals surface area contributed by atoms with E-state index in [1.807, 2.05) is 60.7 Å². The summed E-state index contributed by atoms with van der Waals surface area (Å²) in [7, 11) is 19.5. The molecule has 0 N–H and O–H groups in total. The monoisotopic (exact) mass is 816 g/mol. The van der Waals surface area contributed by atoms with E-state index in [2.05, 4.69) is 62.5 Å². The smallest absolute Gasteiger partial charge is 0.332 e. The van der Waals surface area contributed by atoms with E-state index in [9.17, 15) is 14.4 Å². The molecule has 4 rings (SSSR count). The van der Waals surface area contributed by atoms with Crippen LogP contribution < -0.4 is 5.56 Å². The van der Waals surface area contributed by atoms with Gasteiger partial charge in [0.15, 0.2) is 13.3 Å². The first-order valence-electron chi connectivity index (χ1n) is 12.7. The lowest BCUT2D eigenvalue weighted by Crippen LogP contribution is -2.29. The Balaban J connectivity index is 1.83. The molecule has 43 heavy (non-hydrogen) atoms. The van der Waals surface area contributed by atoms with Gasteiger partial charge in [-0.05, 0) is 46.8 Å². The van der Waals surface area contributed by atoms with Gasteiger partial charge in [0.1, 0.15) is 11.7 Å². The van der Waals surface area contributed by atoms with Gasteiger partial charge in [-0.3, -0.25) is 14.2 Å². The predicted molar refractivity (Wildman–Crippen MR) is 222 cm³/mol. The molecule has 228 valence electrons. The molecule has 0 saturated carbocycles. The summed E-state index contributed by atoms with van der Waals surface area (Å²) in [5.74, 6) is -0.554. The number of Topliss-reactive ketones (excluding diaryl/α,β-unsaturated/α-hetero) is 1. The maximum atomic E-state index is 14.2. The number of carbonyl (C=O) groups is 2. The minimum atomic E-state index is -1.07. The molecule has 1 aliphatic rings. The van der Waals surface area contributed by atoms with Crippen molar-refractivity contribution in [1.82, 2.24) is 4.57 Å². The van der Waals surface area contributed by atoms with Gasteiger partial charge in [0.25, 0.3) is 5.56 Å². The van der Waals surface area contributed by atoms with Gasteiger partial charge in [-0.15, -0.1) is 53.6 Å². The predicted octanol–water partition coefficient (Wildman–Crippen LogP) is 11.2. The van der Waals surface area contributed by atoms with E-state index >= 15 is 0 Å². The number of hydrogen-bond acceptors (Lipinski definition) is 5. The van der Waals surface area contributed by atoms with Crippen molar-refractivity contribution >= 4 is 128 Å². The van der Waals surface area contributed by atoms with Crippen molar-refractivity contribution in [3.05, 3.63) is 99.5 Å². The number of nitrogens with zero attached hydrogens (tertiary/aromatic N) is 2. The Hall–Kier alpha value is 1.79. The van der Waals surface area contributed by atoms with Crippen molar-refractivity contribution in [3.8, 4) is 0 Å². The highest BCUT2D eigenvalue weighted by Gasteiger charge is 2.41. The second-order valence-electron chi connectivity index (χ2n) is 9.26. The standard InChI is InChI=1S/C24H33N2O4P13/c1-15(27)18-14-19(25-22(16-8-4-2-5-9-16)17-10-6-3-7-11-17)23(28)26-20(18)12-13-21(26)24(29)30-38(42(37)39(31)32)43(40(33)34)41(35)36/h2-11,14,21H,12-13,31-37H2,1H3. The van der Waals surface area contributed by atoms with E-state index in [4.69, 9.17) is 9.52 Å². The number of carbonyl (C=O) groups excluding carboxylic acids is 2. The Morgan fingerprint density at radius 1 is 0.860 bits per heavy atom. The van der Waals surface area contributed by atoms with Crippen LogP contribution in [0.3, 0.4) is 0 Å². The Morgan fingerprint density at radius 3 is 1.86 bits per heavy atom. The molecular formula is C24H33N2O4P13. The normalized spacial score (nSPS) is 16.0. The highest BCUT2D eigenvalue weighted by Crippen LogP contribution is 3.17. The lowest BCUT2D eigenvalue weighted by atomic mass is 10.0. The van der Waals surface area contributed by atoms with Crippen LogP contribution in [-0.4, -0.2) is 22.0 Å². The molecule has 2 heterocycles. The van der Waals surface area contributed by atoms with Crippen LogP contribution in [0, 0.1) is 0 Å². The van der Waals surface area contributed by atoms with Gasteiger partial charge < -0.3 is 4.52 Å². The fraction of sp³-hybridized carbons (Fsp3) is 0.167. The highest BCUT2D eigenvalue weighted by atomic mass is 33.2. The molecule has 0 spiro atoms. The molecule has 0 fully saturated rings. The van der Waals surface area contributed by atoms with Crippen LogP contribution in [0.2, 0.25) is 0 Å². The molecule has 1 aromatic heterocycles. The molecule has 6 nitrogen and oxygen atoms in total. The van der Waals surface area contributed by atoms with Gasteiger partial charge in [0, 0.05) is 36.4 Å². The third kappa shape index (κ3) is 9.28. The Kier molecular flexibility index (Phi) is 15.3. The van der Waals surface area contributed by atoms with Crippen LogP contribution >= 0.6 is 105 Å². The number of pyridine rings is 1. The average Bonchev–Trinajstić information content (AvgIpc) is 3.42. The average molecular weight is 816 g/mol. The summed E-state index contributed by atoms with van der Waals surface area (Å²) in [6.45, 7) is -1.16. The zero-order valence-electron chi connectivity index (χ0n) is 23.1. The molecule has 0 amide bonds. The molecule has 1 aliphatic heterocycles. The van der Waals surface area contributed by atoms with E-state index < -0.39 is 48.5 Å². The van der Waals surface area contributed by atoms with Gasteiger partial charge in [-0.2, -0.15) is 0 Å². The van der Waals surface area contributed by atoms with E-state index in [-0.39, 0.29) is 23.0 Å². The lowest BCUT2D eigenvalue weighted by Gasteiger charge is -2.36. The van der Waals surface area contributed by atoms with Crippen LogP contribution in [0.15, 0.2) is 76.5 Å². The van der Waals surface area contributed by atoms with Crippen molar-refractivity contribution in [3.63, 3.8) is 0 Å². The maximum Gasteiger partial charge on any atom is 0.332 e. The largest absolute Gasteiger partial charge is 0.433 e. The fourth-order valence-electron chi connectivity index (χ4n) is 4.55. The minimum Gasteiger partial charge on any atom is -0.433 e. The molecule has 0 radical (unpaired) electrons. The van der Waals surface area contributed by atoms with Crippen molar-refractivity contribution in [2.45, 2.75) is 25.8 Å². The second-order valence-corrected chi connectivity index (χ2v) is 58.0. The lowest BCUT2D eigenvalue weighted by molar-refractivity contribution is -0.136. The fourth-order valence-corrected chi connectivity index (χ4v) is 99.7. The first-order valence-corrected chi connectivity index (χ1v) is 35.5. The first kappa shape index (κ1) is 37.6. The maximum absolute atomic E-state index is 14.2. The Labute approximate surface area is 275 Å². The van der Waals surface area contributed by atoms with Crippen molar-refractivity contribution in [1.29, 1.82) is 0 Å². The van der Waals surface area contributed by atoms with Gasteiger partial charge >= 0.3 is 5.97 Å². The highest BCUT2D eigenvalue weighted by molar-refractivity contribution is 9.19. The Bertz CT molecular complexity index is 1500. The van der Waals surface area contributed by atoms with Crippen molar-refractivity contribution < 1.29 is 14.1 Å². The van der Waals surface area contributed by atoms with Gasteiger partial charge in [-0.25, -0.2) is 9.79 Å². The summed E-state index contributed by atoms with van der Waals surface area (Å²) in [6.07, 6.45) is 0.853. The minimum absolute atomic E-state index is 0.129. The number of hydrogen-bond donors (Lipinski definition) is 0. The van der Waals surface area contributed by atoms with Crippen LogP contribution in [0.25, 0.3) is 0 Å². The zero-order chi connectivity index (χ0) is 31.4. The molecular weight excluding hydrogens is 783 g/mol. The number of ketones is 1. The molecule has 10 unspecified atom stereocenters. The van der Waals surface area contributed by atoms with Crippen LogP contribution in [0.1, 0.15) is 46.6 Å². The van der Waals surface area contributed by atoms with Crippen molar-refractivity contribution in [2.75, 3.05) is 0 Å². The number of fused-ring (bicyclic) bond motifs is 1. The number of rotatable bonds is 11. The third-order valence-corrected chi connectivity index (χ3v) is 77.0. The van der Waals surface area contributed by atoms with E-state index in [1.165, 1.54) is 11.5 Å². The summed E-state index contributed by atoms with van der Waals surface area (Å²) >= 11 is 0. The van der Waals surface area contributed by atoms with E-state index in [0.717, 1.165) is 11.1 Å². The van der Waals surface area contributed by atoms with Gasteiger partial charge in [-0.1, -0.05) is 69.6 Å². The van der Waals surface area contributed by atoms with Gasteiger partial charge in [0.2, 0.25) is 0 Å². The number of aromatic nitrogens is 1. The molecule has 2 aromatic carbocycles.